The van der Waals surface area contributed by atoms with Gasteiger partial charge in [-0.2, -0.15) is 0 Å². The largest absolute Gasteiger partial charge is 0.497 e. The van der Waals surface area contributed by atoms with E-state index in [0.29, 0.717) is 16.9 Å². The molecule has 0 fully saturated rings. The molecule has 0 radical (unpaired) electrons. The van der Waals surface area contributed by atoms with E-state index in [1.165, 1.54) is 43.5 Å². The molecule has 0 saturated heterocycles. The van der Waals surface area contributed by atoms with Crippen molar-refractivity contribution in [3.63, 3.8) is 0 Å². The molecule has 0 aliphatic carbocycles. The number of rotatable bonds is 7. The Labute approximate surface area is 149 Å². The smallest absolute Gasteiger partial charge is 0.329 e. The first kappa shape index (κ1) is 19.2. The Morgan fingerprint density at radius 1 is 1.12 bits per heavy atom. The number of hydrogen-bond acceptors (Lipinski definition) is 4. The van der Waals surface area contributed by atoms with Crippen molar-refractivity contribution in [1.82, 2.24) is 10.6 Å². The molecule has 0 spiro atoms. The quantitative estimate of drug-likeness (QED) is 0.601. The number of methoxy groups -OCH3 is 1. The van der Waals surface area contributed by atoms with E-state index < -0.39 is 30.0 Å². The van der Waals surface area contributed by atoms with Gasteiger partial charge in [0.15, 0.2) is 6.04 Å². The zero-order chi connectivity index (χ0) is 19.1. The highest BCUT2D eigenvalue weighted by atomic mass is 19.1. The van der Waals surface area contributed by atoms with Gasteiger partial charge in [0.05, 0.1) is 7.11 Å². The summed E-state index contributed by atoms with van der Waals surface area (Å²) in [5, 5.41) is 24.3. The number of carbonyl (C=O) groups is 2. The summed E-state index contributed by atoms with van der Waals surface area (Å²) >= 11 is 0. The van der Waals surface area contributed by atoms with Gasteiger partial charge in [-0.05, 0) is 35.4 Å². The van der Waals surface area contributed by atoms with Crippen LogP contribution in [-0.2, 0) is 11.3 Å². The van der Waals surface area contributed by atoms with Crippen molar-refractivity contribution >= 4 is 12.0 Å². The first-order valence-electron chi connectivity index (χ1n) is 7.74. The highest BCUT2D eigenvalue weighted by molar-refractivity contribution is 5.83. The number of aliphatic hydroxyl groups is 1. The summed E-state index contributed by atoms with van der Waals surface area (Å²) in [6, 6.07) is 9.36. The first-order chi connectivity index (χ1) is 12.4. The minimum absolute atomic E-state index is 0.0804. The Balaban J connectivity index is 1.98. The average molecular weight is 362 g/mol. The van der Waals surface area contributed by atoms with Gasteiger partial charge in [0.2, 0.25) is 0 Å². The third-order valence-electron chi connectivity index (χ3n) is 3.69. The monoisotopic (exact) mass is 362 g/mol. The molecule has 0 heterocycles. The van der Waals surface area contributed by atoms with Crippen LogP contribution in [0.4, 0.5) is 9.18 Å². The van der Waals surface area contributed by atoms with Crippen LogP contribution >= 0.6 is 0 Å². The predicted octanol–water partition coefficient (Wildman–Crippen LogP) is 1.82. The van der Waals surface area contributed by atoms with Crippen LogP contribution in [0.25, 0.3) is 0 Å². The van der Waals surface area contributed by atoms with E-state index in [9.17, 15) is 24.2 Å². The molecule has 0 aliphatic heterocycles. The maximum atomic E-state index is 12.8. The zero-order valence-electron chi connectivity index (χ0n) is 14.0. The molecule has 2 aromatic carbocycles. The maximum Gasteiger partial charge on any atom is 0.329 e. The minimum atomic E-state index is -1.54. The van der Waals surface area contributed by atoms with E-state index in [0.717, 1.165) is 0 Å². The molecule has 2 amide bonds. The second kappa shape index (κ2) is 8.82. The number of carboxylic acids is 1. The molecule has 2 atom stereocenters. The van der Waals surface area contributed by atoms with Crippen LogP contribution in [-0.4, -0.2) is 35.4 Å². The van der Waals surface area contributed by atoms with Gasteiger partial charge < -0.3 is 25.6 Å². The molecule has 26 heavy (non-hydrogen) atoms. The van der Waals surface area contributed by atoms with Crippen molar-refractivity contribution in [1.29, 1.82) is 0 Å². The summed E-state index contributed by atoms with van der Waals surface area (Å²) in [5.41, 5.74) is 0.959. The van der Waals surface area contributed by atoms with Crippen molar-refractivity contribution in [2.45, 2.75) is 18.7 Å². The van der Waals surface area contributed by atoms with Gasteiger partial charge in [0.25, 0.3) is 0 Å². The van der Waals surface area contributed by atoms with Gasteiger partial charge >= 0.3 is 12.0 Å². The summed E-state index contributed by atoms with van der Waals surface area (Å²) < 4.78 is 17.8. The minimum Gasteiger partial charge on any atom is -0.497 e. The van der Waals surface area contributed by atoms with Gasteiger partial charge in [-0.15, -0.1) is 0 Å². The Morgan fingerprint density at radius 2 is 1.73 bits per heavy atom. The van der Waals surface area contributed by atoms with E-state index in [2.05, 4.69) is 10.6 Å². The Morgan fingerprint density at radius 3 is 2.27 bits per heavy atom. The van der Waals surface area contributed by atoms with Crippen LogP contribution in [0.2, 0.25) is 0 Å². The van der Waals surface area contributed by atoms with Gasteiger partial charge in [0.1, 0.15) is 17.7 Å². The Hall–Kier alpha value is -3.13. The lowest BCUT2D eigenvalue weighted by Gasteiger charge is -2.21. The van der Waals surface area contributed by atoms with Crippen LogP contribution in [0, 0.1) is 5.82 Å². The number of halogens is 1. The SMILES string of the molecule is COc1ccc(C(O)C(NC(=O)NCc2ccc(F)cc2)C(=O)O)cc1. The van der Waals surface area contributed by atoms with E-state index in [4.69, 9.17) is 4.74 Å². The van der Waals surface area contributed by atoms with Crippen molar-refractivity contribution in [2.24, 2.45) is 0 Å². The van der Waals surface area contributed by atoms with Crippen molar-refractivity contribution in [3.05, 3.63) is 65.5 Å². The number of aliphatic hydroxyl groups excluding tert-OH is 1. The lowest BCUT2D eigenvalue weighted by molar-refractivity contribution is -0.142. The highest BCUT2D eigenvalue weighted by Crippen LogP contribution is 2.20. The summed E-state index contributed by atoms with van der Waals surface area (Å²) in [6.07, 6.45) is -1.45. The standard InChI is InChI=1S/C18H19FN2O5/c1-26-14-8-4-12(5-9-14)16(22)15(17(23)24)21-18(25)20-10-11-2-6-13(19)7-3-11/h2-9,15-16,22H,10H2,1H3,(H,23,24)(H2,20,21,25). The molecule has 0 bridgehead atoms. The number of benzene rings is 2. The number of carbonyl (C=O) groups excluding carboxylic acids is 1. The molecule has 2 rings (SSSR count). The second-order valence-electron chi connectivity index (χ2n) is 5.49. The van der Waals surface area contributed by atoms with Crippen LogP contribution in [0.15, 0.2) is 48.5 Å². The van der Waals surface area contributed by atoms with Gasteiger partial charge in [-0.1, -0.05) is 24.3 Å². The second-order valence-corrected chi connectivity index (χ2v) is 5.49. The van der Waals surface area contributed by atoms with Gasteiger partial charge in [-0.3, -0.25) is 0 Å². The van der Waals surface area contributed by atoms with Crippen molar-refractivity contribution in [3.8, 4) is 5.75 Å². The maximum absolute atomic E-state index is 12.8. The van der Waals surface area contributed by atoms with Crippen molar-refractivity contribution < 1.29 is 28.9 Å². The average Bonchev–Trinajstić information content (AvgIpc) is 2.65. The Bertz CT molecular complexity index is 749. The molecule has 138 valence electrons. The van der Waals surface area contributed by atoms with Crippen LogP contribution in [0.3, 0.4) is 0 Å². The first-order valence-corrected chi connectivity index (χ1v) is 7.74. The number of hydrogen-bond donors (Lipinski definition) is 4. The third-order valence-corrected chi connectivity index (χ3v) is 3.69. The van der Waals surface area contributed by atoms with E-state index in [1.807, 2.05) is 0 Å². The summed E-state index contributed by atoms with van der Waals surface area (Å²) in [5.74, 6) is -1.23. The lowest BCUT2D eigenvalue weighted by atomic mass is 10.0. The summed E-state index contributed by atoms with van der Waals surface area (Å²) in [7, 11) is 1.48. The molecule has 2 aromatic rings. The van der Waals surface area contributed by atoms with E-state index >= 15 is 0 Å². The normalized spacial score (nSPS) is 12.7. The summed E-state index contributed by atoms with van der Waals surface area (Å²) in [6.45, 7) is 0.0804. The molecular weight excluding hydrogens is 343 g/mol. The van der Waals surface area contributed by atoms with Gasteiger partial charge in [0, 0.05) is 6.54 Å². The molecule has 8 heteroatoms. The van der Waals surface area contributed by atoms with Crippen molar-refractivity contribution in [2.75, 3.05) is 7.11 Å². The fraction of sp³-hybridized carbons (Fsp3) is 0.222. The Kier molecular flexibility index (Phi) is 6.51. The van der Waals surface area contributed by atoms with E-state index in [-0.39, 0.29) is 6.54 Å². The lowest BCUT2D eigenvalue weighted by Crippen LogP contribution is -2.48. The fourth-order valence-corrected chi connectivity index (χ4v) is 2.25. The molecular formula is C18H19FN2O5. The molecule has 0 aliphatic rings. The van der Waals surface area contributed by atoms with E-state index in [1.54, 1.807) is 12.1 Å². The van der Waals surface area contributed by atoms with Crippen LogP contribution in [0.1, 0.15) is 17.2 Å². The molecule has 0 saturated carbocycles. The summed E-state index contributed by atoms with van der Waals surface area (Å²) in [4.78, 5) is 23.4. The van der Waals surface area contributed by atoms with Crippen LogP contribution in [0.5, 0.6) is 5.75 Å². The number of urea groups is 1. The number of carboxylic acid groups (broad SMARTS) is 1. The van der Waals surface area contributed by atoms with Crippen LogP contribution < -0.4 is 15.4 Å². The molecule has 7 nitrogen and oxygen atoms in total. The molecule has 4 N–H and O–H groups in total. The number of nitrogens with one attached hydrogen (secondary N) is 2. The zero-order valence-corrected chi connectivity index (χ0v) is 14.0. The van der Waals surface area contributed by atoms with Gasteiger partial charge in [-0.25, -0.2) is 14.0 Å². The number of amides is 2. The molecule has 0 aromatic heterocycles. The highest BCUT2D eigenvalue weighted by Gasteiger charge is 2.29. The number of ether oxygens (including phenoxy) is 1. The number of aliphatic carboxylic acids is 1. The fourth-order valence-electron chi connectivity index (χ4n) is 2.25. The predicted molar refractivity (Wildman–Crippen MR) is 91.1 cm³/mol. The topological polar surface area (TPSA) is 108 Å². The third kappa shape index (κ3) is 5.18. The molecule has 2 unspecified atom stereocenters.